The van der Waals surface area contributed by atoms with Crippen LogP contribution < -0.4 is 21.9 Å². The Labute approximate surface area is 234 Å². The van der Waals surface area contributed by atoms with Crippen LogP contribution in [0.2, 0.25) is 0 Å². The molecule has 1 aliphatic carbocycles. The molecular weight excluding hydrogens is 518 g/mol. The number of nitrogens with two attached hydrogens (primary N) is 2. The third-order valence-electron chi connectivity index (χ3n) is 7.92. The Balaban J connectivity index is 1.47. The van der Waals surface area contributed by atoms with Crippen molar-refractivity contribution in [3.8, 4) is 22.9 Å². The number of rotatable bonds is 5. The van der Waals surface area contributed by atoms with Crippen LogP contribution in [-0.2, 0) is 0 Å². The number of pyridine rings is 1. The summed E-state index contributed by atoms with van der Waals surface area (Å²) in [4.78, 5) is 34.4. The van der Waals surface area contributed by atoms with Gasteiger partial charge in [-0.25, -0.2) is 4.98 Å². The number of hydrogen-bond acceptors (Lipinski definition) is 10. The Bertz CT molecular complexity index is 1900. The average molecular weight is 546 g/mol. The molecule has 4 aromatic heterocycles. The first-order valence-electron chi connectivity index (χ1n) is 13.6. The van der Waals surface area contributed by atoms with Gasteiger partial charge >= 0.3 is 0 Å². The van der Waals surface area contributed by atoms with Gasteiger partial charge < -0.3 is 16.4 Å². The lowest BCUT2D eigenvalue weighted by Crippen LogP contribution is -2.36. The van der Waals surface area contributed by atoms with Gasteiger partial charge in [-0.3, -0.25) is 19.0 Å². The van der Waals surface area contributed by atoms with E-state index in [1.807, 2.05) is 53.2 Å². The number of hydrogen-bond donors (Lipinski definition) is 2. The van der Waals surface area contributed by atoms with Gasteiger partial charge in [0.25, 0.3) is 5.56 Å². The summed E-state index contributed by atoms with van der Waals surface area (Å²) in [7, 11) is 0. The number of aromatic nitrogens is 7. The van der Waals surface area contributed by atoms with Crippen LogP contribution in [0, 0.1) is 11.3 Å². The van der Waals surface area contributed by atoms with Crippen molar-refractivity contribution < 1.29 is 0 Å². The monoisotopic (exact) mass is 545 g/mol. The number of nitrogens with zero attached hydrogens (tertiary/aromatic N) is 9. The van der Waals surface area contributed by atoms with Gasteiger partial charge in [0.15, 0.2) is 5.82 Å². The molecule has 41 heavy (non-hydrogen) atoms. The molecule has 1 saturated carbocycles. The lowest BCUT2D eigenvalue weighted by molar-refractivity contribution is 0.615. The highest BCUT2D eigenvalue weighted by Crippen LogP contribution is 2.42. The lowest BCUT2D eigenvalue weighted by Gasteiger charge is -2.31. The number of fused-ring (bicyclic) bond motifs is 1. The van der Waals surface area contributed by atoms with Crippen LogP contribution in [0.3, 0.4) is 0 Å². The van der Waals surface area contributed by atoms with Crippen LogP contribution >= 0.6 is 0 Å². The second kappa shape index (κ2) is 9.41. The fraction of sp³-hybridized carbons (Fsp3) is 0.276. The van der Waals surface area contributed by atoms with Gasteiger partial charge in [-0.1, -0.05) is 12.1 Å². The van der Waals surface area contributed by atoms with Crippen LogP contribution in [0.4, 0.5) is 17.6 Å². The summed E-state index contributed by atoms with van der Waals surface area (Å²) < 4.78 is 3.60. The highest BCUT2D eigenvalue weighted by Gasteiger charge is 2.38. The second-order valence-electron chi connectivity index (χ2n) is 10.6. The molecule has 2 atom stereocenters. The minimum absolute atomic E-state index is 0.0142. The summed E-state index contributed by atoms with van der Waals surface area (Å²) in [5.41, 5.74) is 14.8. The molecule has 0 spiro atoms. The van der Waals surface area contributed by atoms with E-state index >= 15 is 0 Å². The van der Waals surface area contributed by atoms with E-state index in [2.05, 4.69) is 26.1 Å². The maximum absolute atomic E-state index is 14.5. The van der Waals surface area contributed by atoms with Crippen LogP contribution in [-0.4, -0.2) is 40.3 Å². The molecule has 0 radical (unpaired) electrons. The van der Waals surface area contributed by atoms with Gasteiger partial charge in [0.2, 0.25) is 5.95 Å². The zero-order valence-corrected chi connectivity index (χ0v) is 22.3. The summed E-state index contributed by atoms with van der Waals surface area (Å²) >= 11 is 0. The normalized spacial score (nSPS) is 18.6. The summed E-state index contributed by atoms with van der Waals surface area (Å²) in [5, 5.41) is 15.0. The zero-order valence-electron chi connectivity index (χ0n) is 22.3. The largest absolute Gasteiger partial charge is 0.382 e. The average Bonchev–Trinajstić information content (AvgIpc) is 3.57. The molecule has 0 bridgehead atoms. The Hall–Kier alpha value is -5.31. The van der Waals surface area contributed by atoms with E-state index in [0.717, 1.165) is 30.4 Å². The van der Waals surface area contributed by atoms with E-state index in [1.54, 1.807) is 23.0 Å². The predicted molar refractivity (Wildman–Crippen MR) is 154 cm³/mol. The number of nitrogen functional groups attached to an aromatic ring is 2. The molecule has 1 saturated heterocycles. The van der Waals surface area contributed by atoms with Gasteiger partial charge in [0, 0.05) is 24.0 Å². The topological polar surface area (TPSA) is 170 Å². The van der Waals surface area contributed by atoms with Gasteiger partial charge in [-0.15, -0.1) is 0 Å². The summed E-state index contributed by atoms with van der Waals surface area (Å²) in [6.07, 6.45) is 10.8. The van der Waals surface area contributed by atoms with Gasteiger partial charge in [0.1, 0.15) is 23.3 Å². The van der Waals surface area contributed by atoms with Crippen molar-refractivity contribution in [2.75, 3.05) is 16.4 Å². The summed E-state index contributed by atoms with van der Waals surface area (Å²) in [6.45, 7) is 2.04. The molecule has 2 aliphatic rings. The van der Waals surface area contributed by atoms with E-state index in [4.69, 9.17) is 16.5 Å². The van der Waals surface area contributed by atoms with Crippen LogP contribution in [0.1, 0.15) is 56.1 Å². The van der Waals surface area contributed by atoms with Crippen molar-refractivity contribution in [1.82, 2.24) is 34.3 Å². The van der Waals surface area contributed by atoms with Crippen molar-refractivity contribution >= 4 is 28.5 Å². The third-order valence-corrected chi connectivity index (χ3v) is 7.92. The van der Waals surface area contributed by atoms with Gasteiger partial charge in [0.05, 0.1) is 41.1 Å². The molecule has 0 amide bonds. The highest BCUT2D eigenvalue weighted by molar-refractivity contribution is 5.94. The Morgan fingerprint density at radius 2 is 1.88 bits per heavy atom. The maximum Gasteiger partial charge on any atom is 0.266 e. The van der Waals surface area contributed by atoms with E-state index in [9.17, 15) is 10.1 Å². The second-order valence-corrected chi connectivity index (χ2v) is 10.6. The highest BCUT2D eigenvalue weighted by atomic mass is 16.1. The number of benzene rings is 1. The molecule has 5 aromatic rings. The molecule has 0 unspecified atom stereocenters. The minimum Gasteiger partial charge on any atom is -0.382 e. The molecule has 12 nitrogen and oxygen atoms in total. The molecule has 4 N–H and O–H groups in total. The van der Waals surface area contributed by atoms with E-state index in [-0.39, 0.29) is 28.9 Å². The van der Waals surface area contributed by atoms with Crippen molar-refractivity contribution in [3.05, 3.63) is 76.9 Å². The molecule has 7 rings (SSSR count). The summed E-state index contributed by atoms with van der Waals surface area (Å²) in [5.74, 6) is 0.841. The van der Waals surface area contributed by atoms with Crippen LogP contribution in [0.15, 0.2) is 59.9 Å². The molecule has 5 heterocycles. The molecule has 204 valence electrons. The van der Waals surface area contributed by atoms with Gasteiger partial charge in [-0.05, 0) is 56.4 Å². The molecule has 1 aromatic carbocycles. The first-order valence-corrected chi connectivity index (χ1v) is 13.6. The zero-order chi connectivity index (χ0) is 28.2. The Kier molecular flexibility index (Phi) is 5.67. The Morgan fingerprint density at radius 1 is 1.02 bits per heavy atom. The van der Waals surface area contributed by atoms with Crippen molar-refractivity contribution in [1.29, 1.82) is 5.26 Å². The van der Waals surface area contributed by atoms with Crippen molar-refractivity contribution in [2.24, 2.45) is 0 Å². The smallest absolute Gasteiger partial charge is 0.266 e. The maximum atomic E-state index is 14.5. The SMILES string of the molecule is C[C@H]1CC[C@@H](c2nc3cccc(-c4cnn(C5CC5)c4)c3c(=O)n2-c2cccnc2)N1c1nc(N)nc(N)c1C#N. The van der Waals surface area contributed by atoms with Crippen LogP contribution in [0.25, 0.3) is 27.7 Å². The predicted octanol–water partition coefficient (Wildman–Crippen LogP) is 3.54. The molecule has 12 heteroatoms. The number of nitriles is 1. The van der Waals surface area contributed by atoms with Crippen molar-refractivity contribution in [2.45, 2.75) is 50.7 Å². The van der Waals surface area contributed by atoms with E-state index in [0.29, 0.717) is 40.7 Å². The van der Waals surface area contributed by atoms with Gasteiger partial charge in [-0.2, -0.15) is 20.3 Å². The number of anilines is 3. The fourth-order valence-corrected chi connectivity index (χ4v) is 5.83. The third kappa shape index (κ3) is 4.05. The molecular formula is C29H27N11O. The fourth-order valence-electron chi connectivity index (χ4n) is 5.83. The summed E-state index contributed by atoms with van der Waals surface area (Å²) in [6, 6.07) is 11.4. The van der Waals surface area contributed by atoms with E-state index in [1.165, 1.54) is 0 Å². The molecule has 1 aliphatic heterocycles. The minimum atomic E-state index is -0.399. The first kappa shape index (κ1) is 24.7. The van der Waals surface area contributed by atoms with Crippen molar-refractivity contribution in [3.63, 3.8) is 0 Å². The Morgan fingerprint density at radius 3 is 2.63 bits per heavy atom. The molecule has 2 fully saturated rings. The lowest BCUT2D eigenvalue weighted by atomic mass is 10.0. The quantitative estimate of drug-likeness (QED) is 0.333. The van der Waals surface area contributed by atoms with Crippen LogP contribution in [0.5, 0.6) is 0 Å². The van der Waals surface area contributed by atoms with E-state index < -0.39 is 6.04 Å². The standard InChI is InChI=1S/C29H27N11O/c1-16-7-10-23(39(16)26-21(12-30)25(31)36-29(32)37-26)27-35-22-6-2-5-20(17-13-34-38(15-17)18-8-9-18)24(22)28(41)40(27)19-4-3-11-33-14-19/h2-6,11,13-16,18,23H,7-10H2,1H3,(H4,31,32,36,37)/t16-,23-/m0/s1. The first-order chi connectivity index (χ1) is 19.9.